The first-order valence-corrected chi connectivity index (χ1v) is 10.9. The number of aromatic hydroxyl groups is 2. The smallest absolute Gasteiger partial charge is 0.197 e. The molecule has 3 rings (SSSR count). The molecule has 0 spiro atoms. The van der Waals surface area contributed by atoms with Gasteiger partial charge in [0.05, 0.1) is 11.8 Å². The highest BCUT2D eigenvalue weighted by atomic mass is 16.5. The normalized spacial score (nSPS) is 15.0. The summed E-state index contributed by atoms with van der Waals surface area (Å²) in [4.78, 5) is 4.83. The molecule has 0 amide bonds. The molecule has 164 valence electrons. The number of nitrogens with zero attached hydrogens (tertiary/aromatic N) is 3. The van der Waals surface area contributed by atoms with Gasteiger partial charge in [0.1, 0.15) is 5.75 Å². The summed E-state index contributed by atoms with van der Waals surface area (Å²) >= 11 is 0. The predicted molar refractivity (Wildman–Crippen MR) is 122 cm³/mol. The summed E-state index contributed by atoms with van der Waals surface area (Å²) in [5.41, 5.74) is 2.67. The summed E-state index contributed by atoms with van der Waals surface area (Å²) in [7, 11) is 0. The van der Waals surface area contributed by atoms with E-state index in [4.69, 9.17) is 4.74 Å². The van der Waals surface area contributed by atoms with Gasteiger partial charge in [-0.2, -0.15) is 0 Å². The van der Waals surface area contributed by atoms with Crippen LogP contribution in [0.3, 0.4) is 0 Å². The minimum absolute atomic E-state index is 0.157. The van der Waals surface area contributed by atoms with Crippen molar-refractivity contribution in [2.75, 3.05) is 37.6 Å². The Labute approximate surface area is 180 Å². The molecule has 1 aliphatic heterocycles. The summed E-state index contributed by atoms with van der Waals surface area (Å²) in [6.45, 7) is 15.1. The zero-order valence-corrected chi connectivity index (χ0v) is 18.5. The molecule has 1 saturated heterocycles. The van der Waals surface area contributed by atoms with E-state index in [2.05, 4.69) is 42.4 Å². The van der Waals surface area contributed by atoms with Crippen LogP contribution in [0.2, 0.25) is 0 Å². The van der Waals surface area contributed by atoms with Gasteiger partial charge in [-0.15, -0.1) is 6.58 Å². The van der Waals surface area contributed by atoms with Crippen LogP contribution >= 0.6 is 0 Å². The molecule has 6 heteroatoms. The second-order valence-corrected chi connectivity index (χ2v) is 8.21. The number of ether oxygens (including phenoxy) is 1. The average molecular weight is 414 g/mol. The van der Waals surface area contributed by atoms with Crippen molar-refractivity contribution >= 4 is 5.69 Å². The van der Waals surface area contributed by atoms with Crippen LogP contribution in [0.1, 0.15) is 31.4 Å². The highest BCUT2D eigenvalue weighted by Crippen LogP contribution is 2.34. The molecule has 0 aliphatic carbocycles. The molecule has 2 N–H and O–H groups in total. The Morgan fingerprint density at radius 3 is 2.43 bits per heavy atom. The quantitative estimate of drug-likeness (QED) is 0.610. The SMILES string of the molecule is C=CCc1c(C)c(O)n(CCCN2CCN(c3ccccc3OC(C)C)CC2)c1O. The highest BCUT2D eigenvalue weighted by Gasteiger charge is 2.21. The first kappa shape index (κ1) is 22.1. The number of piperazine rings is 1. The van der Waals surface area contributed by atoms with E-state index in [1.165, 1.54) is 5.69 Å². The molecule has 0 radical (unpaired) electrons. The first-order chi connectivity index (χ1) is 14.4. The van der Waals surface area contributed by atoms with E-state index in [1.54, 1.807) is 10.6 Å². The number of hydrogen-bond donors (Lipinski definition) is 2. The van der Waals surface area contributed by atoms with E-state index >= 15 is 0 Å². The van der Waals surface area contributed by atoms with Crippen molar-refractivity contribution in [3.63, 3.8) is 0 Å². The third kappa shape index (κ3) is 4.93. The predicted octanol–water partition coefficient (Wildman–Crippen LogP) is 3.94. The number of benzene rings is 1. The Morgan fingerprint density at radius 1 is 1.07 bits per heavy atom. The topological polar surface area (TPSA) is 61.1 Å². The van der Waals surface area contributed by atoms with Gasteiger partial charge in [-0.05, 0) is 52.3 Å². The van der Waals surface area contributed by atoms with Crippen LogP contribution < -0.4 is 9.64 Å². The van der Waals surface area contributed by atoms with Crippen molar-refractivity contribution in [3.8, 4) is 17.5 Å². The summed E-state index contributed by atoms with van der Waals surface area (Å²) in [6.07, 6.45) is 3.33. The second kappa shape index (κ2) is 9.94. The maximum Gasteiger partial charge on any atom is 0.197 e. The van der Waals surface area contributed by atoms with Gasteiger partial charge < -0.3 is 19.8 Å². The average Bonchev–Trinajstić information content (AvgIpc) is 2.93. The number of para-hydroxylation sites is 2. The van der Waals surface area contributed by atoms with Crippen molar-refractivity contribution in [1.82, 2.24) is 9.47 Å². The molecule has 6 nitrogen and oxygen atoms in total. The molecule has 30 heavy (non-hydrogen) atoms. The van der Waals surface area contributed by atoms with Gasteiger partial charge in [0, 0.05) is 43.9 Å². The lowest BCUT2D eigenvalue weighted by Gasteiger charge is -2.37. The largest absolute Gasteiger partial charge is 0.494 e. The Balaban J connectivity index is 1.52. The lowest BCUT2D eigenvalue weighted by molar-refractivity contribution is 0.235. The van der Waals surface area contributed by atoms with Gasteiger partial charge in [0.15, 0.2) is 11.8 Å². The zero-order valence-electron chi connectivity index (χ0n) is 18.5. The summed E-state index contributed by atoms with van der Waals surface area (Å²) < 4.78 is 7.59. The number of allylic oxidation sites excluding steroid dienone is 1. The van der Waals surface area contributed by atoms with Gasteiger partial charge in [0.2, 0.25) is 0 Å². The molecule has 1 aliphatic rings. The Bertz CT molecular complexity index is 852. The number of rotatable bonds is 9. The van der Waals surface area contributed by atoms with Crippen molar-refractivity contribution < 1.29 is 14.9 Å². The van der Waals surface area contributed by atoms with E-state index in [1.807, 2.05) is 19.1 Å². The molecule has 0 bridgehead atoms. The lowest BCUT2D eigenvalue weighted by atomic mass is 10.1. The third-order valence-corrected chi connectivity index (χ3v) is 5.71. The van der Waals surface area contributed by atoms with Crippen molar-refractivity contribution in [2.24, 2.45) is 0 Å². The van der Waals surface area contributed by atoms with E-state index in [0.717, 1.165) is 56.0 Å². The number of hydrogen-bond acceptors (Lipinski definition) is 5. The molecule has 1 aromatic carbocycles. The minimum atomic E-state index is 0.157. The molecule has 2 heterocycles. The third-order valence-electron chi connectivity index (χ3n) is 5.71. The molecule has 2 aromatic rings. The Morgan fingerprint density at radius 2 is 1.77 bits per heavy atom. The molecule has 1 fully saturated rings. The molecular formula is C24H35N3O3. The standard InChI is InChI=1S/C24H35N3O3/c1-5-9-20-19(4)23(28)27(24(20)29)13-8-12-25-14-16-26(17-15-25)21-10-6-7-11-22(21)30-18(2)3/h5-7,10-11,18,28-29H,1,8-9,12-17H2,2-4H3. The molecule has 1 aromatic heterocycles. The van der Waals surface area contributed by atoms with Crippen LogP contribution in [0, 0.1) is 6.92 Å². The first-order valence-electron chi connectivity index (χ1n) is 10.9. The summed E-state index contributed by atoms with van der Waals surface area (Å²) in [5.74, 6) is 1.28. The molecular weight excluding hydrogens is 378 g/mol. The van der Waals surface area contributed by atoms with Crippen LogP contribution in [0.4, 0.5) is 5.69 Å². The van der Waals surface area contributed by atoms with Gasteiger partial charge in [0.25, 0.3) is 0 Å². The van der Waals surface area contributed by atoms with Crippen LogP contribution in [0.25, 0.3) is 0 Å². The Kier molecular flexibility index (Phi) is 7.32. The van der Waals surface area contributed by atoms with E-state index in [-0.39, 0.29) is 17.9 Å². The van der Waals surface area contributed by atoms with Gasteiger partial charge in [-0.3, -0.25) is 9.47 Å². The highest BCUT2D eigenvalue weighted by molar-refractivity contribution is 5.58. The molecule has 0 atom stereocenters. The van der Waals surface area contributed by atoms with Crippen LogP contribution in [-0.4, -0.2) is 58.5 Å². The van der Waals surface area contributed by atoms with Crippen molar-refractivity contribution in [3.05, 3.63) is 48.0 Å². The second-order valence-electron chi connectivity index (χ2n) is 8.21. The van der Waals surface area contributed by atoms with Crippen LogP contribution in [0.15, 0.2) is 36.9 Å². The summed E-state index contributed by atoms with van der Waals surface area (Å²) in [6, 6.07) is 8.26. The van der Waals surface area contributed by atoms with E-state index < -0.39 is 0 Å². The van der Waals surface area contributed by atoms with E-state index in [9.17, 15) is 10.2 Å². The van der Waals surface area contributed by atoms with Crippen LogP contribution in [0.5, 0.6) is 17.5 Å². The number of aromatic nitrogens is 1. The fraction of sp³-hybridized carbons (Fsp3) is 0.500. The number of anilines is 1. The van der Waals surface area contributed by atoms with Gasteiger partial charge in [-0.25, -0.2) is 0 Å². The van der Waals surface area contributed by atoms with Crippen molar-refractivity contribution in [1.29, 1.82) is 0 Å². The van der Waals surface area contributed by atoms with Crippen molar-refractivity contribution in [2.45, 2.75) is 46.3 Å². The molecule has 0 unspecified atom stereocenters. The summed E-state index contributed by atoms with van der Waals surface area (Å²) in [5, 5.41) is 20.8. The fourth-order valence-corrected chi connectivity index (χ4v) is 4.11. The van der Waals surface area contributed by atoms with Gasteiger partial charge in [-0.1, -0.05) is 18.2 Å². The van der Waals surface area contributed by atoms with E-state index in [0.29, 0.717) is 13.0 Å². The maximum absolute atomic E-state index is 10.4. The van der Waals surface area contributed by atoms with Crippen LogP contribution in [-0.2, 0) is 13.0 Å². The minimum Gasteiger partial charge on any atom is -0.494 e. The molecule has 0 saturated carbocycles. The Hall–Kier alpha value is -2.60. The zero-order chi connectivity index (χ0) is 21.7. The van der Waals surface area contributed by atoms with Gasteiger partial charge >= 0.3 is 0 Å². The fourth-order valence-electron chi connectivity index (χ4n) is 4.11. The maximum atomic E-state index is 10.4. The monoisotopic (exact) mass is 413 g/mol. The lowest BCUT2D eigenvalue weighted by Crippen LogP contribution is -2.46.